The lowest BCUT2D eigenvalue weighted by molar-refractivity contribution is -0.142. The van der Waals surface area contributed by atoms with Crippen LogP contribution in [-0.4, -0.2) is 53.7 Å². The third-order valence-electron chi connectivity index (χ3n) is 3.08. The monoisotopic (exact) mass is 244 g/mol. The molecular formula is C11H20N2O4. The topological polar surface area (TPSA) is 92.9 Å². The number of carbonyl (C=O) groups is 2. The summed E-state index contributed by atoms with van der Waals surface area (Å²) in [6, 6.07) is 0. The molecule has 0 bridgehead atoms. The highest BCUT2D eigenvalue weighted by Crippen LogP contribution is 2.20. The molecule has 6 nitrogen and oxygen atoms in total. The second-order valence-corrected chi connectivity index (χ2v) is 4.30. The molecule has 98 valence electrons. The lowest BCUT2D eigenvalue weighted by Crippen LogP contribution is -2.58. The summed E-state index contributed by atoms with van der Waals surface area (Å²) in [6.45, 7) is 3.48. The second kappa shape index (κ2) is 5.97. The largest absolute Gasteiger partial charge is 0.481 e. The van der Waals surface area contributed by atoms with Crippen LogP contribution < -0.4 is 5.73 Å². The van der Waals surface area contributed by atoms with Gasteiger partial charge < -0.3 is 20.5 Å². The predicted molar refractivity (Wildman–Crippen MR) is 61.5 cm³/mol. The van der Waals surface area contributed by atoms with E-state index in [4.69, 9.17) is 15.6 Å². The summed E-state index contributed by atoms with van der Waals surface area (Å²) in [5.74, 6) is -1.07. The van der Waals surface area contributed by atoms with Crippen molar-refractivity contribution >= 4 is 11.9 Å². The third kappa shape index (κ3) is 3.67. The van der Waals surface area contributed by atoms with E-state index in [0.717, 1.165) is 0 Å². The number of rotatable bonds is 5. The molecule has 0 aromatic heterocycles. The molecule has 0 saturated carbocycles. The molecule has 1 amide bonds. The molecule has 0 spiro atoms. The van der Waals surface area contributed by atoms with Crippen LogP contribution in [-0.2, 0) is 14.3 Å². The lowest BCUT2D eigenvalue weighted by atomic mass is 9.89. The van der Waals surface area contributed by atoms with Crippen molar-refractivity contribution < 1.29 is 19.4 Å². The number of hydrogen-bond donors (Lipinski definition) is 2. The van der Waals surface area contributed by atoms with Gasteiger partial charge in [0.2, 0.25) is 5.91 Å². The van der Waals surface area contributed by atoms with E-state index in [1.807, 2.05) is 6.92 Å². The van der Waals surface area contributed by atoms with Crippen molar-refractivity contribution in [3.8, 4) is 0 Å². The fourth-order valence-electron chi connectivity index (χ4n) is 1.90. The third-order valence-corrected chi connectivity index (χ3v) is 3.08. The first-order chi connectivity index (χ1) is 7.99. The van der Waals surface area contributed by atoms with Crippen LogP contribution in [0.25, 0.3) is 0 Å². The first-order valence-electron chi connectivity index (χ1n) is 5.87. The van der Waals surface area contributed by atoms with Gasteiger partial charge in [-0.25, -0.2) is 0 Å². The molecule has 0 radical (unpaired) electrons. The van der Waals surface area contributed by atoms with Gasteiger partial charge in [0, 0.05) is 26.3 Å². The molecule has 0 aliphatic carbocycles. The Labute approximate surface area is 101 Å². The highest BCUT2D eigenvalue weighted by atomic mass is 16.5. The fourth-order valence-corrected chi connectivity index (χ4v) is 1.90. The quantitative estimate of drug-likeness (QED) is 0.699. The molecule has 3 N–H and O–H groups in total. The van der Waals surface area contributed by atoms with E-state index in [0.29, 0.717) is 32.6 Å². The minimum atomic E-state index is -0.908. The van der Waals surface area contributed by atoms with Gasteiger partial charge in [-0.2, -0.15) is 0 Å². The van der Waals surface area contributed by atoms with Gasteiger partial charge in [-0.3, -0.25) is 9.59 Å². The van der Waals surface area contributed by atoms with E-state index in [9.17, 15) is 9.59 Å². The van der Waals surface area contributed by atoms with Crippen molar-refractivity contribution in [1.29, 1.82) is 0 Å². The Morgan fingerprint density at radius 1 is 1.41 bits per heavy atom. The minimum Gasteiger partial charge on any atom is -0.481 e. The van der Waals surface area contributed by atoms with Crippen molar-refractivity contribution in [2.75, 3.05) is 26.3 Å². The number of carboxylic acids is 1. The number of nitrogens with two attached hydrogens (primary N) is 1. The Bertz CT molecular complexity index is 287. The molecule has 1 aliphatic rings. The van der Waals surface area contributed by atoms with E-state index in [-0.39, 0.29) is 18.9 Å². The summed E-state index contributed by atoms with van der Waals surface area (Å²) in [7, 11) is 0. The fraction of sp³-hybridized carbons (Fsp3) is 0.818. The Balaban J connectivity index is 2.60. The summed E-state index contributed by atoms with van der Waals surface area (Å²) in [5, 5.41) is 8.62. The van der Waals surface area contributed by atoms with Crippen LogP contribution in [0.1, 0.15) is 26.2 Å². The first kappa shape index (κ1) is 13.9. The molecule has 6 heteroatoms. The highest BCUT2D eigenvalue weighted by molar-refractivity contribution is 5.86. The van der Waals surface area contributed by atoms with Gasteiger partial charge in [0.05, 0.1) is 12.0 Å². The molecule has 1 saturated heterocycles. The molecule has 0 aromatic carbocycles. The summed E-state index contributed by atoms with van der Waals surface area (Å²) >= 11 is 0. The van der Waals surface area contributed by atoms with E-state index < -0.39 is 11.5 Å². The van der Waals surface area contributed by atoms with Crippen LogP contribution in [0.4, 0.5) is 0 Å². The van der Waals surface area contributed by atoms with Crippen LogP contribution >= 0.6 is 0 Å². The molecule has 1 rings (SSSR count). The summed E-state index contributed by atoms with van der Waals surface area (Å²) in [6.07, 6.45) is 0.941. The molecule has 1 fully saturated rings. The highest BCUT2D eigenvalue weighted by Gasteiger charge is 2.38. The maximum Gasteiger partial charge on any atom is 0.305 e. The zero-order valence-corrected chi connectivity index (χ0v) is 10.1. The van der Waals surface area contributed by atoms with Gasteiger partial charge in [-0.1, -0.05) is 0 Å². The Hall–Kier alpha value is -1.14. The molecule has 1 aliphatic heterocycles. The zero-order chi connectivity index (χ0) is 12.9. The van der Waals surface area contributed by atoms with Crippen molar-refractivity contribution in [3.05, 3.63) is 0 Å². The SMILES string of the molecule is CCN(CCC(=O)O)C(=O)C1(N)CCOCC1. The summed E-state index contributed by atoms with van der Waals surface area (Å²) in [4.78, 5) is 24.2. The summed E-state index contributed by atoms with van der Waals surface area (Å²) < 4.78 is 5.18. The van der Waals surface area contributed by atoms with E-state index >= 15 is 0 Å². The number of nitrogens with zero attached hydrogens (tertiary/aromatic N) is 1. The average molecular weight is 244 g/mol. The van der Waals surface area contributed by atoms with Crippen LogP contribution in [0.2, 0.25) is 0 Å². The number of aliphatic carboxylic acids is 1. The molecule has 0 atom stereocenters. The Morgan fingerprint density at radius 2 is 2.00 bits per heavy atom. The lowest BCUT2D eigenvalue weighted by Gasteiger charge is -2.36. The molecule has 17 heavy (non-hydrogen) atoms. The standard InChI is InChI=1S/C11H20N2O4/c1-2-13(6-3-9(14)15)10(16)11(12)4-7-17-8-5-11/h2-8,12H2,1H3,(H,14,15). The molecule has 0 aromatic rings. The molecule has 1 heterocycles. The van der Waals surface area contributed by atoms with Gasteiger partial charge in [0.15, 0.2) is 0 Å². The van der Waals surface area contributed by atoms with E-state index in [1.54, 1.807) is 0 Å². The maximum atomic E-state index is 12.2. The van der Waals surface area contributed by atoms with Crippen molar-refractivity contribution in [2.45, 2.75) is 31.7 Å². The van der Waals surface area contributed by atoms with Gasteiger partial charge in [0.1, 0.15) is 0 Å². The number of likely N-dealkylation sites (N-methyl/N-ethyl adjacent to an activating group) is 1. The molecule has 0 unspecified atom stereocenters. The van der Waals surface area contributed by atoms with Gasteiger partial charge in [-0.05, 0) is 19.8 Å². The summed E-state index contributed by atoms with van der Waals surface area (Å²) in [5.41, 5.74) is 5.18. The Kier molecular flexibility index (Phi) is 4.89. The normalized spacial score (nSPS) is 18.7. The predicted octanol–water partition coefficient (Wildman–Crippen LogP) is -0.182. The number of ether oxygens (including phenoxy) is 1. The van der Waals surface area contributed by atoms with Crippen molar-refractivity contribution in [2.24, 2.45) is 5.73 Å². The van der Waals surface area contributed by atoms with Crippen LogP contribution in [0, 0.1) is 0 Å². The van der Waals surface area contributed by atoms with Gasteiger partial charge in [0.25, 0.3) is 0 Å². The number of hydrogen-bond acceptors (Lipinski definition) is 4. The van der Waals surface area contributed by atoms with E-state index in [2.05, 4.69) is 0 Å². The van der Waals surface area contributed by atoms with Gasteiger partial charge >= 0.3 is 5.97 Å². The van der Waals surface area contributed by atoms with Gasteiger partial charge in [-0.15, -0.1) is 0 Å². The number of amides is 1. The van der Waals surface area contributed by atoms with Crippen LogP contribution in [0.15, 0.2) is 0 Å². The Morgan fingerprint density at radius 3 is 2.47 bits per heavy atom. The zero-order valence-electron chi connectivity index (χ0n) is 10.1. The molecular weight excluding hydrogens is 224 g/mol. The number of carbonyl (C=O) groups excluding carboxylic acids is 1. The maximum absolute atomic E-state index is 12.2. The minimum absolute atomic E-state index is 0.0494. The van der Waals surface area contributed by atoms with Crippen LogP contribution in [0.3, 0.4) is 0 Å². The smallest absolute Gasteiger partial charge is 0.305 e. The van der Waals surface area contributed by atoms with Crippen molar-refractivity contribution in [3.63, 3.8) is 0 Å². The van der Waals surface area contributed by atoms with E-state index in [1.165, 1.54) is 4.90 Å². The average Bonchev–Trinajstić information content (AvgIpc) is 2.30. The number of carboxylic acid groups (broad SMARTS) is 1. The first-order valence-corrected chi connectivity index (χ1v) is 5.87. The van der Waals surface area contributed by atoms with Crippen LogP contribution in [0.5, 0.6) is 0 Å². The van der Waals surface area contributed by atoms with Crippen molar-refractivity contribution in [1.82, 2.24) is 4.90 Å². The second-order valence-electron chi connectivity index (χ2n) is 4.30.